The topological polar surface area (TPSA) is 129 Å². The van der Waals surface area contributed by atoms with Crippen LogP contribution in [0.15, 0.2) is 42.9 Å². The summed E-state index contributed by atoms with van der Waals surface area (Å²) >= 11 is 0. The smallest absolute Gasteiger partial charge is 0.228 e. The zero-order chi connectivity index (χ0) is 25.9. The van der Waals surface area contributed by atoms with E-state index in [0.29, 0.717) is 64.5 Å². The molecule has 10 nitrogen and oxygen atoms in total. The minimum absolute atomic E-state index is 0.115. The van der Waals surface area contributed by atoms with E-state index in [0.717, 1.165) is 13.0 Å². The molecule has 10 heteroatoms. The highest BCUT2D eigenvalue weighted by atomic mass is 16.5. The van der Waals surface area contributed by atoms with Crippen LogP contribution in [0.5, 0.6) is 17.4 Å². The first-order valence-corrected chi connectivity index (χ1v) is 11.8. The molecule has 0 unspecified atom stereocenters. The van der Waals surface area contributed by atoms with Crippen LogP contribution in [0.1, 0.15) is 31.2 Å². The van der Waals surface area contributed by atoms with Crippen molar-refractivity contribution in [2.24, 2.45) is 0 Å². The summed E-state index contributed by atoms with van der Waals surface area (Å²) in [6, 6.07) is 7.21. The third-order valence-electron chi connectivity index (χ3n) is 5.32. The summed E-state index contributed by atoms with van der Waals surface area (Å²) in [5, 5.41) is 19.7. The van der Waals surface area contributed by atoms with Gasteiger partial charge in [0.1, 0.15) is 11.5 Å². The number of hydrogen-bond donors (Lipinski definition) is 3. The van der Waals surface area contributed by atoms with Gasteiger partial charge in [0.15, 0.2) is 0 Å². The molecule has 0 saturated carbocycles. The minimum atomic E-state index is 0.115. The van der Waals surface area contributed by atoms with Gasteiger partial charge in [-0.1, -0.05) is 6.92 Å². The van der Waals surface area contributed by atoms with Gasteiger partial charge in [-0.15, -0.1) is 0 Å². The maximum absolute atomic E-state index is 9.21. The van der Waals surface area contributed by atoms with E-state index in [1.165, 1.54) is 6.21 Å². The van der Waals surface area contributed by atoms with Crippen LogP contribution in [0, 0.1) is 12.3 Å². The Kier molecular flexibility index (Phi) is 9.70. The van der Waals surface area contributed by atoms with E-state index in [2.05, 4.69) is 27.2 Å². The fourth-order valence-electron chi connectivity index (χ4n) is 3.60. The van der Waals surface area contributed by atoms with Crippen molar-refractivity contribution in [1.29, 1.82) is 5.41 Å². The highest BCUT2D eigenvalue weighted by Crippen LogP contribution is 2.32. The van der Waals surface area contributed by atoms with E-state index in [9.17, 15) is 5.11 Å². The van der Waals surface area contributed by atoms with Crippen LogP contribution in [0.3, 0.4) is 0 Å². The van der Waals surface area contributed by atoms with Gasteiger partial charge >= 0.3 is 0 Å². The zero-order valence-electron chi connectivity index (χ0n) is 21.2. The number of aliphatic hydroxyl groups excluding tert-OH is 1. The number of pyridine rings is 2. The standard InChI is InChI=1S/C26H33N7O3/c1-5-11-33(12-6-13-34)26-30-17-21(25(32-26)35-4)22-7-8-24(18(2)31-22)36-20-9-10-29-23(14-20)19(15-27)16-28-3/h7-10,14-17,27-28,34H,5-6,11-13H2,1-4H3/b19-16+,27-15?. The lowest BCUT2D eigenvalue weighted by atomic mass is 10.2. The number of aliphatic hydroxyl groups is 1. The van der Waals surface area contributed by atoms with Crippen molar-refractivity contribution in [3.63, 3.8) is 0 Å². The van der Waals surface area contributed by atoms with Crippen molar-refractivity contribution in [2.45, 2.75) is 26.7 Å². The van der Waals surface area contributed by atoms with Crippen LogP contribution < -0.4 is 19.7 Å². The lowest BCUT2D eigenvalue weighted by Gasteiger charge is -2.22. The predicted octanol–water partition coefficient (Wildman–Crippen LogP) is 3.85. The Morgan fingerprint density at radius 1 is 1.19 bits per heavy atom. The van der Waals surface area contributed by atoms with Gasteiger partial charge in [-0.3, -0.25) is 4.98 Å². The molecule has 0 fully saturated rings. The number of rotatable bonds is 13. The molecule has 0 saturated heterocycles. The number of nitrogens with one attached hydrogen (secondary N) is 2. The fraction of sp³-hybridized carbons (Fsp3) is 0.346. The number of allylic oxidation sites excluding steroid dienone is 1. The Bertz CT molecular complexity index is 1200. The SMILES string of the molecule is CCCN(CCCO)c1ncc(-c2ccc(Oc3ccnc(/C(C=N)=C/NC)c3)c(C)n2)c(OC)n1. The Morgan fingerprint density at radius 3 is 2.69 bits per heavy atom. The average Bonchev–Trinajstić information content (AvgIpc) is 2.90. The van der Waals surface area contributed by atoms with E-state index >= 15 is 0 Å². The van der Waals surface area contributed by atoms with Crippen molar-refractivity contribution in [3.8, 4) is 28.6 Å². The van der Waals surface area contributed by atoms with Crippen molar-refractivity contribution in [2.75, 3.05) is 38.8 Å². The monoisotopic (exact) mass is 491 g/mol. The molecule has 36 heavy (non-hydrogen) atoms. The molecule has 3 aromatic heterocycles. The molecule has 3 heterocycles. The van der Waals surface area contributed by atoms with Crippen LogP contribution in [-0.2, 0) is 0 Å². The van der Waals surface area contributed by atoms with Gasteiger partial charge in [0, 0.05) is 63.2 Å². The summed E-state index contributed by atoms with van der Waals surface area (Å²) in [5.41, 5.74) is 3.29. The van der Waals surface area contributed by atoms with Crippen molar-refractivity contribution < 1.29 is 14.6 Å². The molecule has 0 radical (unpaired) electrons. The number of ether oxygens (including phenoxy) is 2. The normalized spacial score (nSPS) is 11.2. The molecule has 0 aliphatic heterocycles. The molecule has 0 aromatic carbocycles. The summed E-state index contributed by atoms with van der Waals surface area (Å²) < 4.78 is 11.6. The molecule has 0 atom stereocenters. The van der Waals surface area contributed by atoms with E-state index < -0.39 is 0 Å². The number of anilines is 1. The van der Waals surface area contributed by atoms with Crippen LogP contribution in [0.25, 0.3) is 16.8 Å². The highest BCUT2D eigenvalue weighted by Gasteiger charge is 2.16. The summed E-state index contributed by atoms with van der Waals surface area (Å²) in [4.78, 5) is 20.2. The average molecular weight is 492 g/mol. The van der Waals surface area contributed by atoms with Gasteiger partial charge in [0.2, 0.25) is 11.8 Å². The molecule has 190 valence electrons. The molecule has 3 rings (SSSR count). The second kappa shape index (κ2) is 13.1. The lowest BCUT2D eigenvalue weighted by molar-refractivity contribution is 0.289. The van der Waals surface area contributed by atoms with Crippen LogP contribution in [0.2, 0.25) is 0 Å². The molecule has 0 aliphatic carbocycles. The Balaban J connectivity index is 1.86. The molecule has 3 N–H and O–H groups in total. The van der Waals surface area contributed by atoms with E-state index in [1.54, 1.807) is 44.9 Å². The Labute approximate surface area is 211 Å². The number of aryl methyl sites for hydroxylation is 1. The fourth-order valence-corrected chi connectivity index (χ4v) is 3.60. The Morgan fingerprint density at radius 2 is 2.03 bits per heavy atom. The number of nitrogens with zero attached hydrogens (tertiary/aromatic N) is 5. The molecule has 0 bridgehead atoms. The largest absolute Gasteiger partial charge is 0.480 e. The third-order valence-corrected chi connectivity index (χ3v) is 5.32. The van der Waals surface area contributed by atoms with Gasteiger partial charge in [-0.2, -0.15) is 4.98 Å². The number of aromatic nitrogens is 4. The predicted molar refractivity (Wildman–Crippen MR) is 141 cm³/mol. The first-order valence-electron chi connectivity index (χ1n) is 11.8. The zero-order valence-corrected chi connectivity index (χ0v) is 21.2. The quantitative estimate of drug-likeness (QED) is 0.305. The molecule has 3 aromatic rings. The highest BCUT2D eigenvalue weighted by molar-refractivity contribution is 6.07. The third kappa shape index (κ3) is 6.54. The molecule has 0 aliphatic rings. The molecular weight excluding hydrogens is 458 g/mol. The Hall–Kier alpha value is -4.05. The second-order valence-electron chi connectivity index (χ2n) is 7.95. The maximum atomic E-state index is 9.21. The minimum Gasteiger partial charge on any atom is -0.480 e. The van der Waals surface area contributed by atoms with E-state index in [4.69, 9.17) is 19.9 Å². The molecule has 0 spiro atoms. The van der Waals surface area contributed by atoms with Crippen LogP contribution in [-0.4, -0.2) is 65.1 Å². The van der Waals surface area contributed by atoms with Crippen LogP contribution in [0.4, 0.5) is 5.95 Å². The summed E-state index contributed by atoms with van der Waals surface area (Å²) in [6.45, 7) is 5.52. The number of methoxy groups -OCH3 is 1. The maximum Gasteiger partial charge on any atom is 0.228 e. The van der Waals surface area contributed by atoms with Gasteiger partial charge in [0.25, 0.3) is 0 Å². The first kappa shape index (κ1) is 26.6. The van der Waals surface area contributed by atoms with Gasteiger partial charge in [0.05, 0.1) is 29.8 Å². The van der Waals surface area contributed by atoms with E-state index in [1.807, 2.05) is 24.0 Å². The van der Waals surface area contributed by atoms with Gasteiger partial charge < -0.3 is 30.2 Å². The first-order chi connectivity index (χ1) is 17.5. The summed E-state index contributed by atoms with van der Waals surface area (Å²) in [6.07, 6.45) is 7.88. The summed E-state index contributed by atoms with van der Waals surface area (Å²) in [5.74, 6) is 2.18. The van der Waals surface area contributed by atoms with Crippen molar-refractivity contribution >= 4 is 17.7 Å². The second-order valence-corrected chi connectivity index (χ2v) is 7.95. The molecule has 0 amide bonds. The van der Waals surface area contributed by atoms with Crippen molar-refractivity contribution in [1.82, 2.24) is 25.3 Å². The number of hydrogen-bond acceptors (Lipinski definition) is 10. The summed E-state index contributed by atoms with van der Waals surface area (Å²) in [7, 11) is 3.34. The van der Waals surface area contributed by atoms with E-state index in [-0.39, 0.29) is 6.61 Å². The van der Waals surface area contributed by atoms with Gasteiger partial charge in [-0.05, 0) is 38.0 Å². The van der Waals surface area contributed by atoms with Gasteiger partial charge in [-0.25, -0.2) is 9.97 Å². The lowest BCUT2D eigenvalue weighted by Crippen LogP contribution is -2.28. The molecular formula is C26H33N7O3. The van der Waals surface area contributed by atoms with Crippen molar-refractivity contribution in [3.05, 3.63) is 54.2 Å². The van der Waals surface area contributed by atoms with Crippen LogP contribution >= 0.6 is 0 Å².